The average Bonchev–Trinajstić information content (AvgIpc) is 2.96. The largest absolute Gasteiger partial charge is 0.317 e. The van der Waals surface area contributed by atoms with Gasteiger partial charge < -0.3 is 9.88 Å². The lowest BCUT2D eigenvalue weighted by molar-refractivity contribution is 0.427. The summed E-state index contributed by atoms with van der Waals surface area (Å²) in [6.07, 6.45) is 7.21. The summed E-state index contributed by atoms with van der Waals surface area (Å²) in [5.74, 6) is 2.69. The zero-order chi connectivity index (χ0) is 10.1. The molecule has 1 aromatic rings. The first kappa shape index (κ1) is 9.33. The third-order valence-electron chi connectivity index (χ3n) is 3.46. The van der Waals surface area contributed by atoms with Crippen LogP contribution < -0.4 is 5.32 Å². The minimum absolute atomic E-state index is 0.583. The second-order valence-electron chi connectivity index (χ2n) is 4.83. The Morgan fingerprint density at radius 1 is 1.40 bits per heavy atom. The third-order valence-corrected chi connectivity index (χ3v) is 3.46. The summed E-state index contributed by atoms with van der Waals surface area (Å²) in [6, 6.07) is 0. The summed E-state index contributed by atoms with van der Waals surface area (Å²) >= 11 is 0. The predicted molar refractivity (Wildman–Crippen MR) is 57.6 cm³/mol. The van der Waals surface area contributed by atoms with E-state index >= 15 is 0 Å². The van der Waals surface area contributed by atoms with Gasteiger partial charge in [0.15, 0.2) is 0 Å². The number of aromatic nitrogens is 3. The van der Waals surface area contributed by atoms with Gasteiger partial charge in [0.2, 0.25) is 0 Å². The SMILES string of the molecule is c1nnc(C2CCCNC2)n1CC1CC1. The van der Waals surface area contributed by atoms with Gasteiger partial charge in [-0.3, -0.25) is 0 Å². The van der Waals surface area contributed by atoms with E-state index in [-0.39, 0.29) is 0 Å². The van der Waals surface area contributed by atoms with Gasteiger partial charge in [-0.15, -0.1) is 10.2 Å². The Morgan fingerprint density at radius 3 is 3.07 bits per heavy atom. The van der Waals surface area contributed by atoms with Crippen molar-refractivity contribution in [2.45, 2.75) is 38.1 Å². The maximum absolute atomic E-state index is 4.29. The highest BCUT2D eigenvalue weighted by Crippen LogP contribution is 2.32. The number of hydrogen-bond acceptors (Lipinski definition) is 3. The molecular weight excluding hydrogens is 188 g/mol. The molecule has 2 heterocycles. The lowest BCUT2D eigenvalue weighted by Crippen LogP contribution is -2.30. The molecule has 1 unspecified atom stereocenters. The van der Waals surface area contributed by atoms with Gasteiger partial charge in [-0.1, -0.05) is 0 Å². The molecular formula is C11H18N4. The molecule has 1 saturated heterocycles. The molecule has 0 amide bonds. The highest BCUT2D eigenvalue weighted by molar-refractivity contribution is 5.00. The molecule has 15 heavy (non-hydrogen) atoms. The van der Waals surface area contributed by atoms with Gasteiger partial charge in [-0.2, -0.15) is 0 Å². The fourth-order valence-corrected chi connectivity index (χ4v) is 2.37. The molecule has 1 aliphatic carbocycles. The van der Waals surface area contributed by atoms with E-state index in [0.717, 1.165) is 25.6 Å². The molecule has 0 bridgehead atoms. The molecule has 82 valence electrons. The lowest BCUT2D eigenvalue weighted by atomic mass is 9.99. The molecule has 4 heteroatoms. The van der Waals surface area contributed by atoms with Crippen molar-refractivity contribution >= 4 is 0 Å². The van der Waals surface area contributed by atoms with Crippen molar-refractivity contribution in [1.82, 2.24) is 20.1 Å². The molecule has 1 aliphatic heterocycles. The van der Waals surface area contributed by atoms with Gasteiger partial charge in [0, 0.05) is 19.0 Å². The highest BCUT2D eigenvalue weighted by atomic mass is 15.3. The maximum Gasteiger partial charge on any atom is 0.137 e. The molecule has 1 atom stereocenters. The van der Waals surface area contributed by atoms with E-state index in [2.05, 4.69) is 20.1 Å². The zero-order valence-electron chi connectivity index (χ0n) is 9.02. The normalized spacial score (nSPS) is 26.8. The highest BCUT2D eigenvalue weighted by Gasteiger charge is 2.25. The lowest BCUT2D eigenvalue weighted by Gasteiger charge is -2.22. The van der Waals surface area contributed by atoms with Gasteiger partial charge >= 0.3 is 0 Å². The van der Waals surface area contributed by atoms with Crippen molar-refractivity contribution in [2.24, 2.45) is 5.92 Å². The molecule has 2 fully saturated rings. The summed E-state index contributed by atoms with van der Waals surface area (Å²) in [5.41, 5.74) is 0. The number of nitrogens with zero attached hydrogens (tertiary/aromatic N) is 3. The summed E-state index contributed by atoms with van der Waals surface area (Å²) in [4.78, 5) is 0. The van der Waals surface area contributed by atoms with Crippen molar-refractivity contribution in [1.29, 1.82) is 0 Å². The topological polar surface area (TPSA) is 42.7 Å². The van der Waals surface area contributed by atoms with Crippen LogP contribution in [0.5, 0.6) is 0 Å². The summed E-state index contributed by atoms with van der Waals surface area (Å²) in [7, 11) is 0. The van der Waals surface area contributed by atoms with Crippen molar-refractivity contribution in [3.63, 3.8) is 0 Å². The van der Waals surface area contributed by atoms with Gasteiger partial charge in [-0.25, -0.2) is 0 Å². The van der Waals surface area contributed by atoms with Crippen LogP contribution >= 0.6 is 0 Å². The number of piperidine rings is 1. The van der Waals surface area contributed by atoms with Gasteiger partial charge in [0.1, 0.15) is 12.2 Å². The number of nitrogens with one attached hydrogen (secondary N) is 1. The van der Waals surface area contributed by atoms with Crippen molar-refractivity contribution < 1.29 is 0 Å². The summed E-state index contributed by atoms with van der Waals surface area (Å²) < 4.78 is 2.27. The maximum atomic E-state index is 4.29. The molecule has 1 saturated carbocycles. The van der Waals surface area contributed by atoms with Crippen LogP contribution in [-0.2, 0) is 6.54 Å². The second kappa shape index (κ2) is 3.93. The van der Waals surface area contributed by atoms with Crippen molar-refractivity contribution in [3.05, 3.63) is 12.2 Å². The van der Waals surface area contributed by atoms with Gasteiger partial charge in [-0.05, 0) is 38.1 Å². The molecule has 0 radical (unpaired) electrons. The van der Waals surface area contributed by atoms with E-state index < -0.39 is 0 Å². The fourth-order valence-electron chi connectivity index (χ4n) is 2.37. The Kier molecular flexibility index (Phi) is 2.44. The van der Waals surface area contributed by atoms with Gasteiger partial charge in [0.05, 0.1) is 0 Å². The van der Waals surface area contributed by atoms with Crippen LogP contribution in [0, 0.1) is 5.92 Å². The smallest absolute Gasteiger partial charge is 0.137 e. The second-order valence-corrected chi connectivity index (χ2v) is 4.83. The Balaban J connectivity index is 1.73. The van der Waals surface area contributed by atoms with Crippen LogP contribution in [0.15, 0.2) is 6.33 Å². The van der Waals surface area contributed by atoms with E-state index in [1.165, 1.54) is 31.5 Å². The summed E-state index contributed by atoms with van der Waals surface area (Å²) in [6.45, 7) is 3.37. The van der Waals surface area contributed by atoms with Crippen LogP contribution in [0.25, 0.3) is 0 Å². The Morgan fingerprint density at radius 2 is 2.33 bits per heavy atom. The van der Waals surface area contributed by atoms with Crippen LogP contribution in [0.1, 0.15) is 37.4 Å². The minimum atomic E-state index is 0.583. The van der Waals surface area contributed by atoms with Crippen molar-refractivity contribution in [3.8, 4) is 0 Å². The monoisotopic (exact) mass is 206 g/mol. The minimum Gasteiger partial charge on any atom is -0.317 e. The number of hydrogen-bond donors (Lipinski definition) is 1. The Labute approximate surface area is 90.1 Å². The molecule has 2 aliphatic rings. The predicted octanol–water partition coefficient (Wildman–Crippen LogP) is 1.16. The first-order valence-corrected chi connectivity index (χ1v) is 6.02. The van der Waals surface area contributed by atoms with E-state index in [9.17, 15) is 0 Å². The molecule has 1 N–H and O–H groups in total. The van der Waals surface area contributed by atoms with Crippen LogP contribution in [0.2, 0.25) is 0 Å². The summed E-state index contributed by atoms with van der Waals surface area (Å²) in [5, 5.41) is 11.8. The Hall–Kier alpha value is -0.900. The molecule has 3 rings (SSSR count). The average molecular weight is 206 g/mol. The standard InChI is InChI=1S/C11H18N4/c1-2-10(6-12-5-1)11-14-13-8-15(11)7-9-3-4-9/h8-10,12H,1-7H2. The molecule has 1 aromatic heterocycles. The van der Waals surface area contributed by atoms with Gasteiger partial charge in [0.25, 0.3) is 0 Å². The zero-order valence-corrected chi connectivity index (χ0v) is 9.02. The van der Waals surface area contributed by atoms with Crippen LogP contribution in [0.3, 0.4) is 0 Å². The van der Waals surface area contributed by atoms with E-state index in [0.29, 0.717) is 5.92 Å². The van der Waals surface area contributed by atoms with Crippen molar-refractivity contribution in [2.75, 3.05) is 13.1 Å². The third kappa shape index (κ3) is 2.04. The fraction of sp³-hybridized carbons (Fsp3) is 0.818. The Bertz CT molecular complexity index is 323. The van der Waals surface area contributed by atoms with E-state index in [1.807, 2.05) is 6.33 Å². The van der Waals surface area contributed by atoms with E-state index in [1.54, 1.807) is 0 Å². The van der Waals surface area contributed by atoms with E-state index in [4.69, 9.17) is 0 Å². The quantitative estimate of drug-likeness (QED) is 0.807. The molecule has 4 nitrogen and oxygen atoms in total. The molecule has 0 aromatic carbocycles. The molecule has 0 spiro atoms. The first-order valence-electron chi connectivity index (χ1n) is 6.02. The van der Waals surface area contributed by atoms with Crippen LogP contribution in [0.4, 0.5) is 0 Å². The van der Waals surface area contributed by atoms with Crippen LogP contribution in [-0.4, -0.2) is 27.9 Å². The number of rotatable bonds is 3. The first-order chi connectivity index (χ1) is 7.43.